The number of amides is 2. The van der Waals surface area contributed by atoms with Crippen LogP contribution in [0.25, 0.3) is 0 Å². The van der Waals surface area contributed by atoms with Crippen LogP contribution in [0.5, 0.6) is 0 Å². The summed E-state index contributed by atoms with van der Waals surface area (Å²) in [5, 5.41) is 15.0. The lowest BCUT2D eigenvalue weighted by Crippen LogP contribution is -2.31. The maximum absolute atomic E-state index is 12.8. The summed E-state index contributed by atoms with van der Waals surface area (Å²) in [6, 6.07) is 4.23. The fourth-order valence-corrected chi connectivity index (χ4v) is 2.60. The number of halogens is 3. The molecule has 11 heteroatoms. The van der Waals surface area contributed by atoms with Crippen molar-refractivity contribution in [3.63, 3.8) is 0 Å². The predicted molar refractivity (Wildman–Crippen MR) is 78.3 cm³/mol. The van der Waals surface area contributed by atoms with E-state index < -0.39 is 23.6 Å². The third-order valence-electron chi connectivity index (χ3n) is 3.87. The Hall–Kier alpha value is -2.98. The number of hydrogen-bond donors (Lipinski definition) is 2. The van der Waals surface area contributed by atoms with Gasteiger partial charge in [-0.05, 0) is 35.0 Å². The number of likely N-dealkylation sites (tertiary alicyclic amines) is 1. The summed E-state index contributed by atoms with van der Waals surface area (Å²) in [5.74, 6) is -1.30. The van der Waals surface area contributed by atoms with Crippen LogP contribution in [0.4, 0.5) is 19.1 Å². The minimum Gasteiger partial charge on any atom is -0.338 e. The lowest BCUT2D eigenvalue weighted by atomic mass is 10.1. The number of aromatic nitrogens is 4. The van der Waals surface area contributed by atoms with Crippen LogP contribution in [-0.2, 0) is 11.0 Å². The second-order valence-electron chi connectivity index (χ2n) is 5.55. The standard InChI is InChI=1S/C14H13F3N6O2/c15-14(16,17)10-3-1-2-8(6-10)12(25)23-5-4-9(7-23)11(24)18-13-19-21-22-20-13/h1-3,6,9H,4-5,7H2,(H2,18,19,20,21,22,24)/t9-/m1/s1. The first-order chi connectivity index (χ1) is 11.8. The number of nitrogens with zero attached hydrogens (tertiary/aromatic N) is 4. The molecule has 1 aromatic heterocycles. The molecule has 0 radical (unpaired) electrons. The average Bonchev–Trinajstić information content (AvgIpc) is 3.25. The van der Waals surface area contributed by atoms with Crippen LogP contribution in [0, 0.1) is 5.92 Å². The largest absolute Gasteiger partial charge is 0.416 e. The summed E-state index contributed by atoms with van der Waals surface area (Å²) < 4.78 is 38.3. The Morgan fingerprint density at radius 1 is 1.32 bits per heavy atom. The summed E-state index contributed by atoms with van der Waals surface area (Å²) in [4.78, 5) is 25.8. The zero-order valence-corrected chi connectivity index (χ0v) is 12.7. The highest BCUT2D eigenvalue weighted by Crippen LogP contribution is 2.30. The molecule has 1 aliphatic rings. The molecular weight excluding hydrogens is 341 g/mol. The molecule has 1 atom stereocenters. The molecule has 3 rings (SSSR count). The topological polar surface area (TPSA) is 104 Å². The molecule has 2 N–H and O–H groups in total. The van der Waals surface area contributed by atoms with Gasteiger partial charge in [-0.2, -0.15) is 13.2 Å². The minimum absolute atomic E-state index is 0.0599. The number of rotatable bonds is 3. The molecule has 2 heterocycles. The molecule has 1 saturated heterocycles. The average molecular weight is 354 g/mol. The molecule has 0 bridgehead atoms. The van der Waals surface area contributed by atoms with Gasteiger partial charge in [0.1, 0.15) is 0 Å². The van der Waals surface area contributed by atoms with E-state index in [9.17, 15) is 22.8 Å². The summed E-state index contributed by atoms with van der Waals surface area (Å²) in [6.07, 6.45) is -4.12. The van der Waals surface area contributed by atoms with Crippen molar-refractivity contribution in [1.82, 2.24) is 25.5 Å². The van der Waals surface area contributed by atoms with Gasteiger partial charge >= 0.3 is 6.18 Å². The van der Waals surface area contributed by atoms with Crippen LogP contribution in [-0.4, -0.2) is 50.4 Å². The van der Waals surface area contributed by atoms with E-state index in [-0.39, 0.29) is 30.5 Å². The van der Waals surface area contributed by atoms with Gasteiger partial charge in [-0.1, -0.05) is 11.2 Å². The third kappa shape index (κ3) is 3.75. The van der Waals surface area contributed by atoms with Gasteiger partial charge < -0.3 is 4.90 Å². The lowest BCUT2D eigenvalue weighted by molar-refractivity contribution is -0.137. The molecule has 2 amide bonds. The number of benzene rings is 1. The van der Waals surface area contributed by atoms with Crippen LogP contribution < -0.4 is 5.32 Å². The molecule has 132 valence electrons. The van der Waals surface area contributed by atoms with Crippen molar-refractivity contribution in [3.05, 3.63) is 35.4 Å². The molecule has 0 unspecified atom stereocenters. The van der Waals surface area contributed by atoms with Gasteiger partial charge in [-0.15, -0.1) is 0 Å². The van der Waals surface area contributed by atoms with Gasteiger partial charge in [-0.3, -0.25) is 14.9 Å². The van der Waals surface area contributed by atoms with Crippen LogP contribution in [0.3, 0.4) is 0 Å². The smallest absolute Gasteiger partial charge is 0.338 e. The van der Waals surface area contributed by atoms with Gasteiger partial charge in [-0.25, -0.2) is 5.10 Å². The predicted octanol–water partition coefficient (Wildman–Crippen LogP) is 1.32. The Kier molecular flexibility index (Phi) is 4.38. The van der Waals surface area contributed by atoms with Crippen molar-refractivity contribution in [2.75, 3.05) is 18.4 Å². The number of anilines is 1. The van der Waals surface area contributed by atoms with Crippen LogP contribution in [0.15, 0.2) is 24.3 Å². The Morgan fingerprint density at radius 3 is 2.80 bits per heavy atom. The van der Waals surface area contributed by atoms with Gasteiger partial charge in [0.05, 0.1) is 11.5 Å². The monoisotopic (exact) mass is 354 g/mol. The van der Waals surface area contributed by atoms with Crippen molar-refractivity contribution in [1.29, 1.82) is 0 Å². The van der Waals surface area contributed by atoms with E-state index in [1.165, 1.54) is 17.0 Å². The van der Waals surface area contributed by atoms with Gasteiger partial charge in [0, 0.05) is 18.7 Å². The van der Waals surface area contributed by atoms with E-state index in [0.717, 1.165) is 12.1 Å². The first-order valence-corrected chi connectivity index (χ1v) is 7.36. The van der Waals surface area contributed by atoms with E-state index in [0.29, 0.717) is 6.42 Å². The highest BCUT2D eigenvalue weighted by molar-refractivity contribution is 5.96. The number of alkyl halides is 3. The number of carbonyl (C=O) groups is 2. The number of H-pyrrole nitrogens is 1. The van der Waals surface area contributed by atoms with E-state index in [2.05, 4.69) is 25.9 Å². The quantitative estimate of drug-likeness (QED) is 0.865. The molecule has 1 fully saturated rings. The zero-order valence-electron chi connectivity index (χ0n) is 12.7. The molecule has 25 heavy (non-hydrogen) atoms. The summed E-state index contributed by atoms with van der Waals surface area (Å²) in [5.41, 5.74) is -0.944. The number of tetrazole rings is 1. The maximum atomic E-state index is 12.8. The molecule has 2 aromatic rings. The third-order valence-corrected chi connectivity index (χ3v) is 3.87. The first-order valence-electron chi connectivity index (χ1n) is 7.36. The molecule has 0 aliphatic carbocycles. The van der Waals surface area contributed by atoms with Crippen molar-refractivity contribution < 1.29 is 22.8 Å². The summed E-state index contributed by atoms with van der Waals surface area (Å²) >= 11 is 0. The van der Waals surface area contributed by atoms with E-state index in [1.54, 1.807) is 0 Å². The first kappa shape index (κ1) is 16.9. The van der Waals surface area contributed by atoms with Crippen molar-refractivity contribution in [2.45, 2.75) is 12.6 Å². The zero-order chi connectivity index (χ0) is 18.0. The van der Waals surface area contributed by atoms with Crippen LogP contribution in [0.1, 0.15) is 22.3 Å². The van der Waals surface area contributed by atoms with Crippen LogP contribution >= 0.6 is 0 Å². The minimum atomic E-state index is -4.52. The molecule has 0 saturated carbocycles. The number of nitrogens with one attached hydrogen (secondary N) is 2. The fourth-order valence-electron chi connectivity index (χ4n) is 2.60. The molecule has 0 spiro atoms. The SMILES string of the molecule is O=C(Nc1nnn[nH]1)[C@@H]1CCN(C(=O)c2cccc(C(F)(F)F)c2)C1. The Labute approximate surface area is 139 Å². The Morgan fingerprint density at radius 2 is 2.12 bits per heavy atom. The van der Waals surface area contributed by atoms with Gasteiger partial charge in [0.2, 0.25) is 11.9 Å². The molecular formula is C14H13F3N6O2. The van der Waals surface area contributed by atoms with Gasteiger partial charge in [0.25, 0.3) is 5.91 Å². The number of hydrogen-bond acceptors (Lipinski definition) is 5. The Balaban J connectivity index is 1.65. The lowest BCUT2D eigenvalue weighted by Gasteiger charge is -2.17. The van der Waals surface area contributed by atoms with Crippen molar-refractivity contribution in [3.8, 4) is 0 Å². The summed E-state index contributed by atoms with van der Waals surface area (Å²) in [6.45, 7) is 0.393. The van der Waals surface area contributed by atoms with Crippen LogP contribution in [0.2, 0.25) is 0 Å². The van der Waals surface area contributed by atoms with Crippen molar-refractivity contribution in [2.24, 2.45) is 5.92 Å². The molecule has 1 aromatic carbocycles. The highest BCUT2D eigenvalue weighted by atomic mass is 19.4. The van der Waals surface area contributed by atoms with Gasteiger partial charge in [0.15, 0.2) is 0 Å². The number of aromatic amines is 1. The van der Waals surface area contributed by atoms with E-state index >= 15 is 0 Å². The maximum Gasteiger partial charge on any atom is 0.416 e. The second kappa shape index (κ2) is 6.49. The summed E-state index contributed by atoms with van der Waals surface area (Å²) in [7, 11) is 0. The van der Waals surface area contributed by atoms with E-state index in [1.807, 2.05) is 0 Å². The van der Waals surface area contributed by atoms with Crippen molar-refractivity contribution >= 4 is 17.8 Å². The molecule has 1 aliphatic heterocycles. The second-order valence-corrected chi connectivity index (χ2v) is 5.55. The fraction of sp³-hybridized carbons (Fsp3) is 0.357. The Bertz CT molecular complexity index is 777. The number of carbonyl (C=O) groups excluding carboxylic acids is 2. The molecule has 8 nitrogen and oxygen atoms in total. The normalized spacial score (nSPS) is 17.6. The van der Waals surface area contributed by atoms with E-state index in [4.69, 9.17) is 0 Å². The highest BCUT2D eigenvalue weighted by Gasteiger charge is 2.34.